The van der Waals surface area contributed by atoms with E-state index in [9.17, 15) is 0 Å². The smallest absolute Gasteiger partial charge is 0.0724 e. The van der Waals surface area contributed by atoms with Gasteiger partial charge in [0.25, 0.3) is 0 Å². The monoisotopic (exact) mass is 380 g/mol. The summed E-state index contributed by atoms with van der Waals surface area (Å²) in [6.07, 6.45) is 8.06. The quantitative estimate of drug-likeness (QED) is 0.487. The molecule has 4 rings (SSSR count). The van der Waals surface area contributed by atoms with Crippen LogP contribution >= 0.6 is 23.5 Å². The SMILES string of the molecule is CSc1ccc2c(SCc3ccc(N4CCCCC4)cc3)ccnc2c1. The zero-order valence-corrected chi connectivity index (χ0v) is 16.8. The largest absolute Gasteiger partial charge is 0.372 e. The number of piperidine rings is 1. The third kappa shape index (κ3) is 4.02. The van der Waals surface area contributed by atoms with E-state index in [4.69, 9.17) is 0 Å². The fourth-order valence-corrected chi connectivity index (χ4v) is 4.90. The molecule has 0 aliphatic carbocycles. The minimum Gasteiger partial charge on any atom is -0.372 e. The molecule has 0 atom stereocenters. The van der Waals surface area contributed by atoms with Crippen LogP contribution in [0.25, 0.3) is 10.9 Å². The fourth-order valence-electron chi connectivity index (χ4n) is 3.47. The lowest BCUT2D eigenvalue weighted by Crippen LogP contribution is -2.29. The summed E-state index contributed by atoms with van der Waals surface area (Å²) in [5.74, 6) is 0.990. The van der Waals surface area contributed by atoms with Crippen LogP contribution in [0.5, 0.6) is 0 Å². The molecule has 0 saturated carbocycles. The molecular weight excluding hydrogens is 356 g/mol. The molecule has 0 N–H and O–H groups in total. The van der Waals surface area contributed by atoms with E-state index in [1.807, 2.05) is 18.0 Å². The Morgan fingerprint density at radius 3 is 2.54 bits per heavy atom. The van der Waals surface area contributed by atoms with Crippen LogP contribution in [0.4, 0.5) is 5.69 Å². The van der Waals surface area contributed by atoms with Gasteiger partial charge in [-0.05, 0) is 61.4 Å². The van der Waals surface area contributed by atoms with Gasteiger partial charge in [-0.15, -0.1) is 23.5 Å². The van der Waals surface area contributed by atoms with Gasteiger partial charge in [0, 0.05) is 45.9 Å². The first-order chi connectivity index (χ1) is 12.8. The number of thioether (sulfide) groups is 2. The van der Waals surface area contributed by atoms with Gasteiger partial charge in [0.05, 0.1) is 5.52 Å². The van der Waals surface area contributed by atoms with E-state index in [-0.39, 0.29) is 0 Å². The number of fused-ring (bicyclic) bond motifs is 1. The minimum absolute atomic E-state index is 0.990. The summed E-state index contributed by atoms with van der Waals surface area (Å²) >= 11 is 3.66. The molecule has 1 aromatic heterocycles. The first-order valence-corrected chi connectivity index (χ1v) is 11.4. The predicted molar refractivity (Wildman–Crippen MR) is 116 cm³/mol. The van der Waals surface area contributed by atoms with Gasteiger partial charge in [-0.25, -0.2) is 0 Å². The lowest BCUT2D eigenvalue weighted by atomic mass is 10.1. The Balaban J connectivity index is 1.46. The maximum absolute atomic E-state index is 4.54. The number of pyridine rings is 1. The molecule has 1 aliphatic rings. The van der Waals surface area contributed by atoms with E-state index in [2.05, 4.69) is 64.7 Å². The molecule has 0 unspecified atom stereocenters. The number of hydrogen-bond acceptors (Lipinski definition) is 4. The van der Waals surface area contributed by atoms with Gasteiger partial charge in [-0.2, -0.15) is 0 Å². The van der Waals surface area contributed by atoms with Gasteiger partial charge in [-0.1, -0.05) is 18.2 Å². The maximum Gasteiger partial charge on any atom is 0.0724 e. The van der Waals surface area contributed by atoms with Crippen molar-refractivity contribution >= 4 is 40.1 Å². The summed E-state index contributed by atoms with van der Waals surface area (Å²) in [5.41, 5.74) is 3.83. The van der Waals surface area contributed by atoms with Crippen LogP contribution < -0.4 is 4.90 Å². The molecule has 2 nitrogen and oxygen atoms in total. The third-order valence-electron chi connectivity index (χ3n) is 4.96. The molecule has 1 fully saturated rings. The Morgan fingerprint density at radius 2 is 1.77 bits per heavy atom. The van der Waals surface area contributed by atoms with Crippen molar-refractivity contribution in [2.24, 2.45) is 0 Å². The second-order valence-electron chi connectivity index (χ2n) is 6.69. The Hall–Kier alpha value is -1.65. The molecule has 4 heteroatoms. The summed E-state index contributed by atoms with van der Waals surface area (Å²) in [6, 6.07) is 17.8. The Kier molecular flexibility index (Phi) is 5.71. The van der Waals surface area contributed by atoms with Crippen molar-refractivity contribution in [1.29, 1.82) is 0 Å². The highest BCUT2D eigenvalue weighted by Gasteiger charge is 2.10. The number of benzene rings is 2. The highest BCUT2D eigenvalue weighted by molar-refractivity contribution is 7.99. The van der Waals surface area contributed by atoms with E-state index in [1.165, 1.54) is 58.8 Å². The normalized spacial score (nSPS) is 14.7. The average molecular weight is 381 g/mol. The lowest BCUT2D eigenvalue weighted by Gasteiger charge is -2.28. The van der Waals surface area contributed by atoms with Crippen molar-refractivity contribution in [3.05, 3.63) is 60.3 Å². The van der Waals surface area contributed by atoms with E-state index in [1.54, 1.807) is 11.8 Å². The molecule has 134 valence electrons. The van der Waals surface area contributed by atoms with Crippen molar-refractivity contribution in [3.63, 3.8) is 0 Å². The van der Waals surface area contributed by atoms with Crippen molar-refractivity contribution in [3.8, 4) is 0 Å². The molecule has 0 amide bonds. The highest BCUT2D eigenvalue weighted by Crippen LogP contribution is 2.31. The molecule has 0 spiro atoms. The molecule has 2 aromatic carbocycles. The number of rotatable bonds is 5. The average Bonchev–Trinajstić information content (AvgIpc) is 2.72. The standard InChI is InChI=1S/C22H24N2S2/c1-25-19-9-10-20-21(15-19)23-12-11-22(20)26-16-17-5-7-18(8-6-17)24-13-3-2-4-14-24/h5-12,15H,2-4,13-14,16H2,1H3. The van der Waals surface area contributed by atoms with Crippen LogP contribution in [0.15, 0.2) is 64.5 Å². The van der Waals surface area contributed by atoms with Crippen LogP contribution in [0, 0.1) is 0 Å². The van der Waals surface area contributed by atoms with Crippen LogP contribution in [-0.2, 0) is 5.75 Å². The lowest BCUT2D eigenvalue weighted by molar-refractivity contribution is 0.578. The van der Waals surface area contributed by atoms with Gasteiger partial charge in [0.2, 0.25) is 0 Å². The molecular formula is C22H24N2S2. The van der Waals surface area contributed by atoms with E-state index in [0.29, 0.717) is 0 Å². The highest BCUT2D eigenvalue weighted by atomic mass is 32.2. The molecule has 1 saturated heterocycles. The van der Waals surface area contributed by atoms with Gasteiger partial charge in [0.1, 0.15) is 0 Å². The zero-order chi connectivity index (χ0) is 17.8. The number of aromatic nitrogens is 1. The summed E-state index contributed by atoms with van der Waals surface area (Å²) in [6.45, 7) is 2.41. The summed E-state index contributed by atoms with van der Waals surface area (Å²) in [4.78, 5) is 9.62. The molecule has 26 heavy (non-hydrogen) atoms. The van der Waals surface area contributed by atoms with Gasteiger partial charge >= 0.3 is 0 Å². The fraction of sp³-hybridized carbons (Fsp3) is 0.318. The number of nitrogens with zero attached hydrogens (tertiary/aromatic N) is 2. The van der Waals surface area contributed by atoms with E-state index < -0.39 is 0 Å². The van der Waals surface area contributed by atoms with Gasteiger partial charge in [0.15, 0.2) is 0 Å². The molecule has 2 heterocycles. The van der Waals surface area contributed by atoms with Crippen molar-refractivity contribution in [2.75, 3.05) is 24.2 Å². The Bertz CT molecular complexity index is 871. The molecule has 0 radical (unpaired) electrons. The maximum atomic E-state index is 4.54. The second kappa shape index (κ2) is 8.36. The summed E-state index contributed by atoms with van der Waals surface area (Å²) < 4.78 is 0. The third-order valence-corrected chi connectivity index (χ3v) is 6.83. The topological polar surface area (TPSA) is 16.1 Å². The zero-order valence-electron chi connectivity index (χ0n) is 15.1. The summed E-state index contributed by atoms with van der Waals surface area (Å²) in [7, 11) is 0. The van der Waals surface area contributed by atoms with Crippen molar-refractivity contribution < 1.29 is 0 Å². The van der Waals surface area contributed by atoms with E-state index >= 15 is 0 Å². The Morgan fingerprint density at radius 1 is 0.962 bits per heavy atom. The minimum atomic E-state index is 0.990. The number of hydrogen-bond donors (Lipinski definition) is 0. The van der Waals surface area contributed by atoms with Crippen LogP contribution in [-0.4, -0.2) is 24.3 Å². The number of anilines is 1. The molecule has 1 aliphatic heterocycles. The van der Waals surface area contributed by atoms with Crippen molar-refractivity contribution in [1.82, 2.24) is 4.98 Å². The Labute approximate surface area is 164 Å². The summed E-state index contributed by atoms with van der Waals surface area (Å²) in [5, 5.41) is 1.25. The van der Waals surface area contributed by atoms with Crippen LogP contribution in [0.3, 0.4) is 0 Å². The van der Waals surface area contributed by atoms with Crippen LogP contribution in [0.2, 0.25) is 0 Å². The molecule has 0 bridgehead atoms. The molecule has 3 aromatic rings. The second-order valence-corrected chi connectivity index (χ2v) is 8.59. The van der Waals surface area contributed by atoms with Crippen molar-refractivity contribution in [2.45, 2.75) is 34.8 Å². The predicted octanol–water partition coefficient (Wildman–Crippen LogP) is 6.24. The first-order valence-electron chi connectivity index (χ1n) is 9.23. The van der Waals surface area contributed by atoms with Gasteiger partial charge in [-0.3, -0.25) is 4.98 Å². The van der Waals surface area contributed by atoms with E-state index in [0.717, 1.165) is 11.3 Å². The first kappa shape index (κ1) is 17.7. The van der Waals surface area contributed by atoms with Gasteiger partial charge < -0.3 is 4.90 Å². The van der Waals surface area contributed by atoms with Crippen LogP contribution in [0.1, 0.15) is 24.8 Å².